The SMILES string of the molecule is CC(NC(=O)CCC=N)C(=O)Nc1ccc(CCNC[C@H](O)C2=CCCC=C2)cc1. The van der Waals surface area contributed by atoms with Crippen molar-refractivity contribution in [2.24, 2.45) is 0 Å². The lowest BCUT2D eigenvalue weighted by molar-refractivity contribution is -0.126. The van der Waals surface area contributed by atoms with Gasteiger partial charge in [0.15, 0.2) is 0 Å². The maximum atomic E-state index is 12.2. The molecule has 0 saturated carbocycles. The minimum Gasteiger partial charge on any atom is -0.387 e. The highest BCUT2D eigenvalue weighted by Gasteiger charge is 2.15. The molecule has 1 aromatic rings. The molecule has 0 radical (unpaired) electrons. The van der Waals surface area contributed by atoms with Crippen LogP contribution in [0.1, 0.15) is 38.2 Å². The first-order valence-corrected chi connectivity index (χ1v) is 10.4. The Labute approximate surface area is 178 Å². The number of hydrogen-bond donors (Lipinski definition) is 5. The lowest BCUT2D eigenvalue weighted by atomic mass is 10.0. The molecule has 7 heteroatoms. The van der Waals surface area contributed by atoms with Crippen LogP contribution < -0.4 is 16.0 Å². The number of aliphatic hydroxyl groups excluding tert-OH is 1. The Balaban J connectivity index is 1.69. The maximum Gasteiger partial charge on any atom is 0.246 e. The summed E-state index contributed by atoms with van der Waals surface area (Å²) >= 11 is 0. The zero-order chi connectivity index (χ0) is 21.8. The second kappa shape index (κ2) is 12.7. The number of aliphatic hydroxyl groups is 1. The van der Waals surface area contributed by atoms with Gasteiger partial charge in [-0.1, -0.05) is 30.4 Å². The fourth-order valence-electron chi connectivity index (χ4n) is 3.06. The van der Waals surface area contributed by atoms with Crippen molar-refractivity contribution in [3.63, 3.8) is 0 Å². The standard InChI is InChI=1S/C23H32N4O3/c1-17(26-22(29)8-5-14-24)23(30)27-20-11-9-18(10-12-20)13-15-25-16-21(28)19-6-3-2-4-7-19/h3,6-7,9-12,14,17,21,24-25,28H,2,4-5,8,13,15-16H2,1H3,(H,26,29)(H,27,30)/t17?,21-/m0/s1. The fourth-order valence-corrected chi connectivity index (χ4v) is 3.06. The van der Waals surface area contributed by atoms with E-state index in [2.05, 4.69) is 28.1 Å². The Morgan fingerprint density at radius 3 is 2.67 bits per heavy atom. The van der Waals surface area contributed by atoms with Crippen molar-refractivity contribution >= 4 is 23.7 Å². The molecule has 30 heavy (non-hydrogen) atoms. The van der Waals surface area contributed by atoms with Gasteiger partial charge in [0, 0.05) is 18.7 Å². The smallest absolute Gasteiger partial charge is 0.246 e. The fraction of sp³-hybridized carbons (Fsp3) is 0.435. The third kappa shape index (κ3) is 8.31. The van der Waals surface area contributed by atoms with Crippen LogP contribution in [0.3, 0.4) is 0 Å². The molecule has 2 rings (SSSR count). The Morgan fingerprint density at radius 2 is 2.00 bits per heavy atom. The van der Waals surface area contributed by atoms with Crippen LogP contribution in [0.25, 0.3) is 0 Å². The van der Waals surface area contributed by atoms with Crippen LogP contribution in [0, 0.1) is 5.41 Å². The van der Waals surface area contributed by atoms with Gasteiger partial charge < -0.3 is 26.5 Å². The minimum absolute atomic E-state index is 0.204. The first-order chi connectivity index (χ1) is 14.5. The van der Waals surface area contributed by atoms with Crippen LogP contribution >= 0.6 is 0 Å². The molecule has 1 unspecified atom stereocenters. The summed E-state index contributed by atoms with van der Waals surface area (Å²) in [5.41, 5.74) is 2.78. The molecule has 1 aromatic carbocycles. The maximum absolute atomic E-state index is 12.2. The van der Waals surface area contributed by atoms with Gasteiger partial charge in [-0.2, -0.15) is 0 Å². The molecule has 7 nitrogen and oxygen atoms in total. The first-order valence-electron chi connectivity index (χ1n) is 10.4. The number of carbonyl (C=O) groups excluding carboxylic acids is 2. The summed E-state index contributed by atoms with van der Waals surface area (Å²) in [5, 5.41) is 25.8. The molecule has 0 spiro atoms. The molecule has 2 atom stereocenters. The van der Waals surface area contributed by atoms with E-state index in [1.807, 2.05) is 30.3 Å². The van der Waals surface area contributed by atoms with Crippen LogP contribution in [0.5, 0.6) is 0 Å². The Hall–Kier alpha value is -2.77. The van der Waals surface area contributed by atoms with Gasteiger partial charge in [0.25, 0.3) is 0 Å². The zero-order valence-electron chi connectivity index (χ0n) is 17.5. The lowest BCUT2D eigenvalue weighted by Crippen LogP contribution is -2.41. The summed E-state index contributed by atoms with van der Waals surface area (Å²) in [6.07, 6.45) is 10.3. The Bertz CT molecular complexity index is 771. The molecule has 2 amide bonds. The molecular weight excluding hydrogens is 380 g/mol. The van der Waals surface area contributed by atoms with E-state index in [9.17, 15) is 14.7 Å². The highest BCUT2D eigenvalue weighted by molar-refractivity contribution is 5.97. The molecule has 5 N–H and O–H groups in total. The van der Waals surface area contributed by atoms with Gasteiger partial charge in [0.05, 0.1) is 6.10 Å². The number of amides is 2. The molecule has 0 aromatic heterocycles. The third-order valence-electron chi connectivity index (χ3n) is 4.84. The first kappa shape index (κ1) is 23.5. The molecule has 0 fully saturated rings. The molecule has 0 heterocycles. The summed E-state index contributed by atoms with van der Waals surface area (Å²) in [6, 6.07) is 6.93. The van der Waals surface area contributed by atoms with Crippen LogP contribution in [0.4, 0.5) is 5.69 Å². The summed E-state index contributed by atoms with van der Waals surface area (Å²) < 4.78 is 0. The van der Waals surface area contributed by atoms with Crippen molar-refractivity contribution in [2.75, 3.05) is 18.4 Å². The van der Waals surface area contributed by atoms with Gasteiger partial charge in [-0.25, -0.2) is 0 Å². The van der Waals surface area contributed by atoms with Gasteiger partial charge in [-0.15, -0.1) is 0 Å². The number of hydrogen-bond acceptors (Lipinski definition) is 5. The topological polar surface area (TPSA) is 114 Å². The number of anilines is 1. The highest BCUT2D eigenvalue weighted by Crippen LogP contribution is 2.13. The number of allylic oxidation sites excluding steroid dienone is 2. The van der Waals surface area contributed by atoms with Crippen molar-refractivity contribution < 1.29 is 14.7 Å². The van der Waals surface area contributed by atoms with Crippen molar-refractivity contribution in [2.45, 2.75) is 51.2 Å². The number of carbonyl (C=O) groups is 2. The Morgan fingerprint density at radius 1 is 1.23 bits per heavy atom. The molecule has 162 valence electrons. The lowest BCUT2D eigenvalue weighted by Gasteiger charge is -2.15. The summed E-state index contributed by atoms with van der Waals surface area (Å²) in [5.74, 6) is -0.530. The predicted octanol–water partition coefficient (Wildman–Crippen LogP) is 2.33. The highest BCUT2D eigenvalue weighted by atomic mass is 16.3. The van der Waals surface area contributed by atoms with Crippen LogP contribution in [-0.2, 0) is 16.0 Å². The van der Waals surface area contributed by atoms with Crippen molar-refractivity contribution in [1.29, 1.82) is 5.41 Å². The van der Waals surface area contributed by atoms with E-state index >= 15 is 0 Å². The predicted molar refractivity (Wildman–Crippen MR) is 120 cm³/mol. The Kier molecular flexibility index (Phi) is 9.97. The van der Waals surface area contributed by atoms with E-state index < -0.39 is 12.1 Å². The average Bonchev–Trinajstić information content (AvgIpc) is 2.76. The van der Waals surface area contributed by atoms with E-state index in [0.717, 1.165) is 36.9 Å². The molecular formula is C23H32N4O3. The van der Waals surface area contributed by atoms with E-state index in [1.54, 1.807) is 6.92 Å². The molecule has 1 aliphatic carbocycles. The van der Waals surface area contributed by atoms with Crippen molar-refractivity contribution in [3.8, 4) is 0 Å². The van der Waals surface area contributed by atoms with Crippen molar-refractivity contribution in [1.82, 2.24) is 10.6 Å². The zero-order valence-corrected chi connectivity index (χ0v) is 17.5. The van der Waals surface area contributed by atoms with Gasteiger partial charge >= 0.3 is 0 Å². The van der Waals surface area contributed by atoms with Gasteiger partial charge in [0.2, 0.25) is 11.8 Å². The third-order valence-corrected chi connectivity index (χ3v) is 4.84. The van der Waals surface area contributed by atoms with E-state index in [-0.39, 0.29) is 18.2 Å². The van der Waals surface area contributed by atoms with E-state index in [4.69, 9.17) is 5.41 Å². The summed E-state index contributed by atoms with van der Waals surface area (Å²) in [7, 11) is 0. The number of nitrogens with one attached hydrogen (secondary N) is 4. The number of benzene rings is 1. The minimum atomic E-state index is -0.646. The average molecular weight is 413 g/mol. The van der Waals surface area contributed by atoms with Crippen molar-refractivity contribution in [3.05, 3.63) is 53.6 Å². The summed E-state index contributed by atoms with van der Waals surface area (Å²) in [6.45, 7) is 2.90. The van der Waals surface area contributed by atoms with Crippen LogP contribution in [0.2, 0.25) is 0 Å². The molecule has 0 bridgehead atoms. The molecule has 0 saturated heterocycles. The van der Waals surface area contributed by atoms with Gasteiger partial charge in [-0.3, -0.25) is 9.59 Å². The van der Waals surface area contributed by atoms with Crippen LogP contribution in [-0.4, -0.2) is 48.4 Å². The largest absolute Gasteiger partial charge is 0.387 e. The quantitative estimate of drug-likeness (QED) is 0.268. The van der Waals surface area contributed by atoms with Crippen LogP contribution in [0.15, 0.2) is 48.1 Å². The second-order valence-electron chi connectivity index (χ2n) is 7.37. The monoisotopic (exact) mass is 412 g/mol. The normalized spacial score (nSPS) is 15.1. The molecule has 0 aliphatic heterocycles. The van der Waals surface area contributed by atoms with Gasteiger partial charge in [-0.05, 0) is 68.6 Å². The van der Waals surface area contributed by atoms with E-state index in [1.165, 1.54) is 6.21 Å². The summed E-state index contributed by atoms with van der Waals surface area (Å²) in [4.78, 5) is 23.8. The second-order valence-corrected chi connectivity index (χ2v) is 7.37. The van der Waals surface area contributed by atoms with E-state index in [0.29, 0.717) is 18.7 Å². The molecule has 1 aliphatic rings. The van der Waals surface area contributed by atoms with Gasteiger partial charge in [0.1, 0.15) is 6.04 Å². The number of rotatable bonds is 12.